The van der Waals surface area contributed by atoms with Gasteiger partial charge in [0.2, 0.25) is 5.16 Å². The van der Waals surface area contributed by atoms with E-state index in [4.69, 9.17) is 4.74 Å². The van der Waals surface area contributed by atoms with Crippen LogP contribution in [-0.4, -0.2) is 50.9 Å². The number of fused-ring (bicyclic) bond motifs is 1. The van der Waals surface area contributed by atoms with Crippen molar-refractivity contribution >= 4 is 29.4 Å². The van der Waals surface area contributed by atoms with Crippen LogP contribution in [-0.2, 0) is 20.7 Å². The normalized spacial score (nSPS) is 10.9. The Bertz CT molecular complexity index is 775. The fraction of sp³-hybridized carbons (Fsp3) is 0.562. The first kappa shape index (κ1) is 19.2. The van der Waals surface area contributed by atoms with Crippen molar-refractivity contribution in [2.75, 3.05) is 19.4 Å². The minimum Gasteiger partial charge on any atom is -0.455 e. The van der Waals surface area contributed by atoms with Crippen LogP contribution >= 0.6 is 11.8 Å². The average Bonchev–Trinajstić information content (AvgIpc) is 3.00. The van der Waals surface area contributed by atoms with E-state index < -0.39 is 5.97 Å². The molecule has 0 aliphatic heterocycles. The second kappa shape index (κ2) is 8.80. The van der Waals surface area contributed by atoms with Crippen LogP contribution in [0, 0.1) is 13.8 Å². The van der Waals surface area contributed by atoms with Gasteiger partial charge >= 0.3 is 5.97 Å². The molecule has 0 bridgehead atoms. The summed E-state index contributed by atoms with van der Waals surface area (Å²) in [5, 5.41) is 7.67. The molecule has 0 spiro atoms. The first-order valence-electron chi connectivity index (χ1n) is 8.15. The van der Waals surface area contributed by atoms with Crippen molar-refractivity contribution in [2.45, 2.75) is 45.2 Å². The SMILES string of the molecule is CCCCNC(=O)COC(=O)Cc1c(C)nc2nc(SC)nn2c1C. The maximum atomic E-state index is 12.1. The van der Waals surface area contributed by atoms with Gasteiger partial charge in [-0.2, -0.15) is 4.98 Å². The fourth-order valence-electron chi connectivity index (χ4n) is 2.33. The van der Waals surface area contributed by atoms with Gasteiger partial charge in [-0.25, -0.2) is 9.50 Å². The molecule has 136 valence electrons. The standard InChI is InChI=1S/C16H23N5O3S/c1-5-6-7-17-13(22)9-24-14(23)8-12-10(2)18-15-19-16(25-4)20-21(15)11(12)3/h5-9H2,1-4H3,(H,17,22). The summed E-state index contributed by atoms with van der Waals surface area (Å²) in [4.78, 5) is 32.4. The Kier molecular flexibility index (Phi) is 6.74. The Balaban J connectivity index is 2.01. The maximum absolute atomic E-state index is 12.1. The van der Waals surface area contributed by atoms with Gasteiger partial charge in [0, 0.05) is 23.5 Å². The Morgan fingerprint density at radius 2 is 2.04 bits per heavy atom. The second-order valence-electron chi connectivity index (χ2n) is 5.61. The molecule has 0 atom stereocenters. The average molecular weight is 365 g/mol. The van der Waals surface area contributed by atoms with E-state index in [1.165, 1.54) is 11.8 Å². The first-order chi connectivity index (χ1) is 12.0. The molecule has 2 aromatic heterocycles. The molecule has 1 amide bonds. The van der Waals surface area contributed by atoms with Crippen molar-refractivity contribution < 1.29 is 14.3 Å². The first-order valence-corrected chi connectivity index (χ1v) is 9.37. The summed E-state index contributed by atoms with van der Waals surface area (Å²) in [5.41, 5.74) is 2.23. The molecule has 2 rings (SSSR count). The summed E-state index contributed by atoms with van der Waals surface area (Å²) in [5.74, 6) is -0.250. The lowest BCUT2D eigenvalue weighted by Gasteiger charge is -2.10. The van der Waals surface area contributed by atoms with Gasteiger partial charge in [-0.3, -0.25) is 9.59 Å². The summed E-state index contributed by atoms with van der Waals surface area (Å²) in [7, 11) is 0. The highest BCUT2D eigenvalue weighted by atomic mass is 32.2. The quantitative estimate of drug-likeness (QED) is 0.429. The van der Waals surface area contributed by atoms with Crippen molar-refractivity contribution in [2.24, 2.45) is 0 Å². The number of ether oxygens (including phenoxy) is 1. The van der Waals surface area contributed by atoms with E-state index in [0.29, 0.717) is 23.2 Å². The number of hydrogen-bond donors (Lipinski definition) is 1. The molecule has 1 N–H and O–H groups in total. The van der Waals surface area contributed by atoms with Crippen LogP contribution in [0.4, 0.5) is 0 Å². The molecule has 0 aromatic carbocycles. The van der Waals surface area contributed by atoms with E-state index in [1.807, 2.05) is 27.0 Å². The zero-order chi connectivity index (χ0) is 18.4. The fourth-order valence-corrected chi connectivity index (χ4v) is 2.67. The molecular weight excluding hydrogens is 342 g/mol. The van der Waals surface area contributed by atoms with Gasteiger partial charge in [-0.15, -0.1) is 5.10 Å². The third-order valence-electron chi connectivity index (χ3n) is 3.75. The third kappa shape index (κ3) is 4.91. The summed E-state index contributed by atoms with van der Waals surface area (Å²) in [6, 6.07) is 0. The minimum absolute atomic E-state index is 0.0390. The maximum Gasteiger partial charge on any atom is 0.310 e. The molecule has 0 aliphatic carbocycles. The number of aryl methyl sites for hydroxylation is 2. The smallest absolute Gasteiger partial charge is 0.310 e. The molecule has 0 radical (unpaired) electrons. The van der Waals surface area contributed by atoms with E-state index in [-0.39, 0.29) is 18.9 Å². The van der Waals surface area contributed by atoms with Crippen LogP contribution < -0.4 is 5.32 Å². The predicted octanol–water partition coefficient (Wildman–Crippen LogP) is 1.47. The Labute approximate surface area is 150 Å². The highest BCUT2D eigenvalue weighted by Gasteiger charge is 2.17. The lowest BCUT2D eigenvalue weighted by atomic mass is 10.1. The number of rotatable bonds is 8. The van der Waals surface area contributed by atoms with Crippen LogP contribution in [0.25, 0.3) is 5.78 Å². The third-order valence-corrected chi connectivity index (χ3v) is 4.29. The Morgan fingerprint density at radius 3 is 2.72 bits per heavy atom. The molecule has 2 heterocycles. The number of unbranched alkanes of at least 4 members (excludes halogenated alkanes) is 1. The largest absolute Gasteiger partial charge is 0.455 e. The highest BCUT2D eigenvalue weighted by molar-refractivity contribution is 7.98. The van der Waals surface area contributed by atoms with Gasteiger partial charge in [-0.1, -0.05) is 25.1 Å². The second-order valence-corrected chi connectivity index (χ2v) is 6.39. The molecule has 9 heteroatoms. The molecule has 0 aliphatic rings. The molecule has 0 saturated heterocycles. The van der Waals surface area contributed by atoms with Gasteiger partial charge in [0.1, 0.15) is 0 Å². The van der Waals surface area contributed by atoms with Crippen LogP contribution in [0.3, 0.4) is 0 Å². The molecule has 0 unspecified atom stereocenters. The molecule has 25 heavy (non-hydrogen) atoms. The summed E-state index contributed by atoms with van der Waals surface area (Å²) < 4.78 is 6.68. The van der Waals surface area contributed by atoms with Crippen molar-refractivity contribution in [1.82, 2.24) is 24.9 Å². The van der Waals surface area contributed by atoms with E-state index in [2.05, 4.69) is 20.4 Å². The number of hydrogen-bond acceptors (Lipinski definition) is 7. The summed E-state index contributed by atoms with van der Waals surface area (Å²) >= 11 is 1.43. The highest BCUT2D eigenvalue weighted by Crippen LogP contribution is 2.17. The number of esters is 1. The molecular formula is C16H23N5O3S. The minimum atomic E-state index is -0.469. The number of thioether (sulfide) groups is 1. The number of carbonyl (C=O) groups is 2. The van der Waals surface area contributed by atoms with Crippen molar-refractivity contribution in [3.05, 3.63) is 17.0 Å². The van der Waals surface area contributed by atoms with Gasteiger partial charge in [0.25, 0.3) is 11.7 Å². The van der Waals surface area contributed by atoms with Crippen molar-refractivity contribution in [3.63, 3.8) is 0 Å². The zero-order valence-corrected chi connectivity index (χ0v) is 15.8. The van der Waals surface area contributed by atoms with E-state index in [1.54, 1.807) is 4.52 Å². The topological polar surface area (TPSA) is 98.5 Å². The number of aromatic nitrogens is 4. The summed E-state index contributed by atoms with van der Waals surface area (Å²) in [6.07, 6.45) is 3.83. The zero-order valence-electron chi connectivity index (χ0n) is 15.0. The molecule has 0 fully saturated rings. The molecule has 0 saturated carbocycles. The van der Waals surface area contributed by atoms with Gasteiger partial charge < -0.3 is 10.1 Å². The monoisotopic (exact) mass is 365 g/mol. The predicted molar refractivity (Wildman–Crippen MR) is 94.6 cm³/mol. The lowest BCUT2D eigenvalue weighted by Crippen LogP contribution is -2.30. The van der Waals surface area contributed by atoms with Gasteiger partial charge in [0.15, 0.2) is 6.61 Å². The van der Waals surface area contributed by atoms with E-state index >= 15 is 0 Å². The molecule has 2 aromatic rings. The Hall–Kier alpha value is -2.16. The number of carbonyl (C=O) groups excluding carboxylic acids is 2. The van der Waals surface area contributed by atoms with Gasteiger partial charge in [0.05, 0.1) is 6.42 Å². The number of nitrogens with one attached hydrogen (secondary N) is 1. The van der Waals surface area contributed by atoms with E-state index in [9.17, 15) is 9.59 Å². The van der Waals surface area contributed by atoms with Gasteiger partial charge in [-0.05, 0) is 26.5 Å². The van der Waals surface area contributed by atoms with Crippen molar-refractivity contribution in [1.29, 1.82) is 0 Å². The van der Waals surface area contributed by atoms with Crippen LogP contribution in [0.2, 0.25) is 0 Å². The van der Waals surface area contributed by atoms with Crippen molar-refractivity contribution in [3.8, 4) is 0 Å². The molecule has 8 nitrogen and oxygen atoms in total. The summed E-state index contributed by atoms with van der Waals surface area (Å²) in [6.45, 7) is 6.05. The van der Waals surface area contributed by atoms with E-state index in [0.717, 1.165) is 24.1 Å². The van der Waals surface area contributed by atoms with Crippen LogP contribution in [0.15, 0.2) is 5.16 Å². The van der Waals surface area contributed by atoms with Crippen LogP contribution in [0.5, 0.6) is 0 Å². The number of amides is 1. The van der Waals surface area contributed by atoms with Crippen LogP contribution in [0.1, 0.15) is 36.7 Å². The lowest BCUT2D eigenvalue weighted by molar-refractivity contribution is -0.147. The Morgan fingerprint density at radius 1 is 1.28 bits per heavy atom. The number of nitrogens with zero attached hydrogens (tertiary/aromatic N) is 4.